The fourth-order valence-corrected chi connectivity index (χ4v) is 2.92. The summed E-state index contributed by atoms with van der Waals surface area (Å²) in [7, 11) is 0. The van der Waals surface area contributed by atoms with Gasteiger partial charge in [0.2, 0.25) is 0 Å². The monoisotopic (exact) mass is 294 g/mol. The minimum atomic E-state index is -0.453. The van der Waals surface area contributed by atoms with E-state index in [1.807, 2.05) is 26.0 Å². The third-order valence-corrected chi connectivity index (χ3v) is 3.94. The lowest BCUT2D eigenvalue weighted by molar-refractivity contribution is 0.575. The van der Waals surface area contributed by atoms with Crippen molar-refractivity contribution in [3.63, 3.8) is 0 Å². The number of benzene rings is 1. The number of rotatable bonds is 5. The van der Waals surface area contributed by atoms with E-state index in [0.717, 1.165) is 36.0 Å². The van der Waals surface area contributed by atoms with Crippen molar-refractivity contribution in [3.05, 3.63) is 53.7 Å². The molecule has 1 heterocycles. The second kappa shape index (κ2) is 6.81. The van der Waals surface area contributed by atoms with Crippen LogP contribution in [-0.4, -0.2) is 11.5 Å². The number of halogens is 2. The fourth-order valence-electron chi connectivity index (χ4n) is 1.89. The summed E-state index contributed by atoms with van der Waals surface area (Å²) < 4.78 is 26.9. The fraction of sp³-hybridized carbons (Fsp3) is 0.267. The Morgan fingerprint density at radius 2 is 2.10 bits per heavy atom. The summed E-state index contributed by atoms with van der Waals surface area (Å²) in [6, 6.07) is 7.33. The molecule has 1 unspecified atom stereocenters. The second-order valence-electron chi connectivity index (χ2n) is 4.35. The highest BCUT2D eigenvalue weighted by molar-refractivity contribution is 7.99. The van der Waals surface area contributed by atoms with Crippen LogP contribution < -0.4 is 5.32 Å². The first-order chi connectivity index (χ1) is 9.61. The summed E-state index contributed by atoms with van der Waals surface area (Å²) in [5.41, 5.74) is 0.975. The average molecular weight is 294 g/mol. The van der Waals surface area contributed by atoms with E-state index in [1.54, 1.807) is 6.20 Å². The largest absolute Gasteiger partial charge is 0.310 e. The van der Waals surface area contributed by atoms with Crippen LogP contribution in [0.5, 0.6) is 0 Å². The summed E-state index contributed by atoms with van der Waals surface area (Å²) in [4.78, 5) is 4.53. The Morgan fingerprint density at radius 3 is 2.85 bits per heavy atom. The highest BCUT2D eigenvalue weighted by Gasteiger charge is 2.14. The molecule has 0 radical (unpaired) electrons. The minimum Gasteiger partial charge on any atom is -0.310 e. The maximum Gasteiger partial charge on any atom is 0.137 e. The molecule has 1 aromatic heterocycles. The molecule has 2 nitrogen and oxygen atoms in total. The Morgan fingerprint density at radius 1 is 1.30 bits per heavy atom. The van der Waals surface area contributed by atoms with Gasteiger partial charge in [0.25, 0.3) is 0 Å². The molecular weight excluding hydrogens is 278 g/mol. The van der Waals surface area contributed by atoms with Crippen molar-refractivity contribution in [2.24, 2.45) is 0 Å². The second-order valence-corrected chi connectivity index (χ2v) is 5.38. The van der Waals surface area contributed by atoms with Crippen LogP contribution in [0.25, 0.3) is 0 Å². The smallest absolute Gasteiger partial charge is 0.137 e. The summed E-state index contributed by atoms with van der Waals surface area (Å²) in [6.45, 7) is 4.87. The number of hydrogen-bond acceptors (Lipinski definition) is 3. The molecule has 0 saturated heterocycles. The van der Waals surface area contributed by atoms with E-state index in [-0.39, 0.29) is 10.9 Å². The zero-order valence-corrected chi connectivity index (χ0v) is 12.2. The van der Waals surface area contributed by atoms with Gasteiger partial charge in [-0.3, -0.25) is 0 Å². The van der Waals surface area contributed by atoms with Gasteiger partial charge < -0.3 is 5.32 Å². The van der Waals surface area contributed by atoms with E-state index in [0.29, 0.717) is 5.03 Å². The van der Waals surface area contributed by atoms with Gasteiger partial charge in [0, 0.05) is 17.8 Å². The number of pyridine rings is 1. The van der Waals surface area contributed by atoms with Gasteiger partial charge in [-0.05, 0) is 37.7 Å². The summed E-state index contributed by atoms with van der Waals surface area (Å²) in [6.07, 6.45) is 1.65. The molecule has 1 N–H and O–H groups in total. The highest BCUT2D eigenvalue weighted by Crippen LogP contribution is 2.33. The van der Waals surface area contributed by atoms with Crippen LogP contribution in [0.4, 0.5) is 8.78 Å². The summed E-state index contributed by atoms with van der Waals surface area (Å²) in [5.74, 6) is -0.893. The summed E-state index contributed by atoms with van der Waals surface area (Å²) >= 11 is 1.14. The van der Waals surface area contributed by atoms with Crippen LogP contribution in [0, 0.1) is 11.6 Å². The van der Waals surface area contributed by atoms with Crippen LogP contribution in [0.1, 0.15) is 25.5 Å². The predicted molar refractivity (Wildman–Crippen MR) is 76.8 cm³/mol. The van der Waals surface area contributed by atoms with E-state index in [4.69, 9.17) is 0 Å². The van der Waals surface area contributed by atoms with Gasteiger partial charge in [-0.15, -0.1) is 0 Å². The predicted octanol–water partition coefficient (Wildman–Crippen LogP) is 4.18. The molecule has 0 aliphatic heterocycles. The topological polar surface area (TPSA) is 24.9 Å². The lowest BCUT2D eigenvalue weighted by atomic mass is 10.1. The van der Waals surface area contributed by atoms with E-state index < -0.39 is 11.6 Å². The molecule has 0 aliphatic carbocycles. The van der Waals surface area contributed by atoms with Crippen molar-refractivity contribution in [1.82, 2.24) is 10.3 Å². The van der Waals surface area contributed by atoms with E-state index in [2.05, 4.69) is 10.3 Å². The molecule has 2 rings (SSSR count). The molecule has 0 spiro atoms. The quantitative estimate of drug-likeness (QED) is 0.895. The maximum atomic E-state index is 13.7. The Bertz CT molecular complexity index is 590. The summed E-state index contributed by atoms with van der Waals surface area (Å²) in [5, 5.41) is 3.98. The molecular formula is C15H16F2N2S. The van der Waals surface area contributed by atoms with Crippen molar-refractivity contribution in [1.29, 1.82) is 0 Å². The van der Waals surface area contributed by atoms with Crippen LogP contribution in [0.3, 0.4) is 0 Å². The molecule has 0 amide bonds. The van der Waals surface area contributed by atoms with Crippen molar-refractivity contribution in [2.75, 3.05) is 6.54 Å². The first-order valence-corrected chi connectivity index (χ1v) is 7.24. The van der Waals surface area contributed by atoms with E-state index in [1.165, 1.54) is 6.07 Å². The number of nitrogens with one attached hydrogen (secondary N) is 1. The van der Waals surface area contributed by atoms with Gasteiger partial charge >= 0.3 is 0 Å². The molecule has 20 heavy (non-hydrogen) atoms. The molecule has 0 saturated carbocycles. The SMILES string of the molecule is CCNC(C)c1cccnc1Sc1cc(F)ccc1F. The van der Waals surface area contributed by atoms with Crippen molar-refractivity contribution >= 4 is 11.8 Å². The molecule has 1 atom stereocenters. The first-order valence-electron chi connectivity index (χ1n) is 6.43. The van der Waals surface area contributed by atoms with Crippen molar-refractivity contribution < 1.29 is 8.78 Å². The Kier molecular flexibility index (Phi) is 5.09. The van der Waals surface area contributed by atoms with Crippen LogP contribution in [0.15, 0.2) is 46.5 Å². The Hall–Kier alpha value is -1.46. The Labute approximate surface area is 121 Å². The lowest BCUT2D eigenvalue weighted by Crippen LogP contribution is -2.18. The van der Waals surface area contributed by atoms with E-state index >= 15 is 0 Å². The van der Waals surface area contributed by atoms with Gasteiger partial charge in [-0.2, -0.15) is 0 Å². The number of hydrogen-bond donors (Lipinski definition) is 1. The van der Waals surface area contributed by atoms with Gasteiger partial charge in [0.1, 0.15) is 16.7 Å². The lowest BCUT2D eigenvalue weighted by Gasteiger charge is -2.16. The van der Waals surface area contributed by atoms with Gasteiger partial charge in [-0.1, -0.05) is 24.8 Å². The highest BCUT2D eigenvalue weighted by atomic mass is 32.2. The third-order valence-electron chi connectivity index (χ3n) is 2.88. The average Bonchev–Trinajstić information content (AvgIpc) is 2.44. The number of aromatic nitrogens is 1. The van der Waals surface area contributed by atoms with Crippen LogP contribution in [0.2, 0.25) is 0 Å². The normalized spacial score (nSPS) is 12.4. The van der Waals surface area contributed by atoms with Crippen molar-refractivity contribution in [3.8, 4) is 0 Å². The molecule has 106 valence electrons. The van der Waals surface area contributed by atoms with E-state index in [9.17, 15) is 8.78 Å². The minimum absolute atomic E-state index is 0.104. The first kappa shape index (κ1) is 14.9. The van der Waals surface area contributed by atoms with Gasteiger partial charge in [0.15, 0.2) is 0 Å². The van der Waals surface area contributed by atoms with Crippen molar-refractivity contribution in [2.45, 2.75) is 29.8 Å². The van der Waals surface area contributed by atoms with Crippen LogP contribution in [-0.2, 0) is 0 Å². The molecule has 1 aromatic carbocycles. The molecule has 0 fully saturated rings. The molecule has 0 bridgehead atoms. The zero-order chi connectivity index (χ0) is 14.5. The van der Waals surface area contributed by atoms with Gasteiger partial charge in [0.05, 0.1) is 4.90 Å². The molecule has 2 aromatic rings. The number of nitrogens with zero attached hydrogens (tertiary/aromatic N) is 1. The van der Waals surface area contributed by atoms with Gasteiger partial charge in [-0.25, -0.2) is 13.8 Å². The molecule has 0 aliphatic rings. The third kappa shape index (κ3) is 3.55. The standard InChI is InChI=1S/C15H16F2N2S/c1-3-18-10(2)12-5-4-8-19-15(12)20-14-9-11(16)6-7-13(14)17/h4-10,18H,3H2,1-2H3. The zero-order valence-electron chi connectivity index (χ0n) is 11.4. The molecule has 5 heteroatoms. The Balaban J connectivity index is 2.31. The van der Waals surface area contributed by atoms with Crippen LogP contribution >= 0.6 is 11.8 Å². The maximum absolute atomic E-state index is 13.7.